The van der Waals surface area contributed by atoms with Gasteiger partial charge in [-0.3, -0.25) is 4.99 Å². The molecule has 3 rings (SSSR count). The molecule has 10 heteroatoms. The molecule has 1 atom stereocenters. The number of nitrogens with zero attached hydrogens (tertiary/aromatic N) is 1. The van der Waals surface area contributed by atoms with Crippen LogP contribution in [0, 0.1) is 5.92 Å². The Labute approximate surface area is 201 Å². The van der Waals surface area contributed by atoms with Gasteiger partial charge in [0.15, 0.2) is 17.3 Å². The van der Waals surface area contributed by atoms with Crippen molar-refractivity contribution >= 4 is 50.9 Å². The van der Waals surface area contributed by atoms with Crippen molar-refractivity contribution in [1.82, 2.24) is 15.4 Å². The quantitative estimate of drug-likeness (QED) is 0.232. The van der Waals surface area contributed by atoms with E-state index in [0.29, 0.717) is 25.0 Å². The Morgan fingerprint density at radius 2 is 2.13 bits per heavy atom. The average molecular weight is 564 g/mol. The van der Waals surface area contributed by atoms with Crippen molar-refractivity contribution < 1.29 is 17.6 Å². The third kappa shape index (κ3) is 7.25. The van der Waals surface area contributed by atoms with E-state index in [1.54, 1.807) is 7.05 Å². The molecule has 174 valence electrons. The zero-order valence-electron chi connectivity index (χ0n) is 18.3. The van der Waals surface area contributed by atoms with Crippen LogP contribution in [0.3, 0.4) is 0 Å². The summed E-state index contributed by atoms with van der Waals surface area (Å²) < 4.78 is 38.6. The number of hydrogen-bond acceptors (Lipinski definition) is 5. The molecule has 0 saturated heterocycles. The van der Waals surface area contributed by atoms with Crippen LogP contribution in [-0.4, -0.2) is 46.9 Å². The molecule has 1 aliphatic rings. The van der Waals surface area contributed by atoms with E-state index in [-0.39, 0.29) is 42.3 Å². The number of fused-ring (bicyclic) bond motifs is 1. The van der Waals surface area contributed by atoms with E-state index in [9.17, 15) is 8.42 Å². The van der Waals surface area contributed by atoms with E-state index in [2.05, 4.69) is 20.3 Å². The largest absolute Gasteiger partial charge is 0.490 e. The molecular formula is C21H33IN4O4S. The molecule has 2 aromatic rings. The molecule has 1 unspecified atom stereocenters. The summed E-state index contributed by atoms with van der Waals surface area (Å²) in [6.07, 6.45) is 3.43. The topological polar surface area (TPSA) is 105 Å². The standard InChI is InChI=1S/C21H32N4O4S.HI/c1-4-28-18-10-6-9-17-13-19(29-20(17)18)15(2)25-21(22-3)23-11-12-30(26,27)24-14-16-7-5-8-16;/h6,9-10,13,15-16,24H,4-5,7-8,11-12,14H2,1-3H3,(H2,22,23,25);1H. The van der Waals surface area contributed by atoms with Gasteiger partial charge in [0.25, 0.3) is 0 Å². The van der Waals surface area contributed by atoms with Crippen molar-refractivity contribution in [3.8, 4) is 5.75 Å². The molecule has 0 aliphatic heterocycles. The highest BCUT2D eigenvalue weighted by molar-refractivity contribution is 14.0. The van der Waals surface area contributed by atoms with Crippen LogP contribution in [0.1, 0.15) is 44.9 Å². The van der Waals surface area contributed by atoms with Crippen molar-refractivity contribution in [1.29, 1.82) is 0 Å². The first kappa shape index (κ1) is 25.7. The molecule has 1 saturated carbocycles. The molecule has 1 aromatic heterocycles. The van der Waals surface area contributed by atoms with Gasteiger partial charge in [-0.2, -0.15) is 0 Å². The zero-order valence-corrected chi connectivity index (χ0v) is 21.5. The van der Waals surface area contributed by atoms with Crippen LogP contribution in [0.15, 0.2) is 33.7 Å². The fraction of sp³-hybridized carbons (Fsp3) is 0.571. The lowest BCUT2D eigenvalue weighted by atomic mass is 9.86. The van der Waals surface area contributed by atoms with Gasteiger partial charge in [0.05, 0.1) is 18.4 Å². The van der Waals surface area contributed by atoms with Gasteiger partial charge >= 0.3 is 0 Å². The van der Waals surface area contributed by atoms with Gasteiger partial charge in [0.1, 0.15) is 5.76 Å². The normalized spacial score (nSPS) is 15.8. The maximum absolute atomic E-state index is 12.1. The molecule has 1 aromatic carbocycles. The highest BCUT2D eigenvalue weighted by Crippen LogP contribution is 2.31. The van der Waals surface area contributed by atoms with Gasteiger partial charge in [-0.25, -0.2) is 13.1 Å². The van der Waals surface area contributed by atoms with E-state index < -0.39 is 10.0 Å². The Kier molecular flexibility index (Phi) is 9.89. The van der Waals surface area contributed by atoms with Crippen LogP contribution >= 0.6 is 24.0 Å². The van der Waals surface area contributed by atoms with Gasteiger partial charge in [0.2, 0.25) is 10.0 Å². The predicted octanol–water partition coefficient (Wildman–Crippen LogP) is 3.40. The minimum atomic E-state index is -3.29. The zero-order chi connectivity index (χ0) is 21.6. The first-order chi connectivity index (χ1) is 14.4. The van der Waals surface area contributed by atoms with Crippen molar-refractivity contribution in [2.75, 3.05) is 32.5 Å². The number of aliphatic imine (C=N–C) groups is 1. The number of nitrogens with one attached hydrogen (secondary N) is 3. The molecule has 31 heavy (non-hydrogen) atoms. The lowest BCUT2D eigenvalue weighted by Crippen LogP contribution is -2.42. The molecule has 3 N–H and O–H groups in total. The van der Waals surface area contributed by atoms with Crippen LogP contribution in [-0.2, 0) is 10.0 Å². The van der Waals surface area contributed by atoms with E-state index in [1.807, 2.05) is 38.1 Å². The van der Waals surface area contributed by atoms with E-state index in [1.165, 1.54) is 6.42 Å². The first-order valence-electron chi connectivity index (χ1n) is 10.5. The Hall–Kier alpha value is -1.53. The Morgan fingerprint density at radius 3 is 2.77 bits per heavy atom. The van der Waals surface area contributed by atoms with Gasteiger partial charge in [0, 0.05) is 25.5 Å². The van der Waals surface area contributed by atoms with Gasteiger partial charge in [-0.1, -0.05) is 18.6 Å². The number of rotatable bonds is 10. The Morgan fingerprint density at radius 1 is 1.35 bits per heavy atom. The van der Waals surface area contributed by atoms with Crippen molar-refractivity contribution in [2.45, 2.75) is 39.2 Å². The van der Waals surface area contributed by atoms with Crippen LogP contribution in [0.2, 0.25) is 0 Å². The average Bonchev–Trinajstić information content (AvgIpc) is 3.11. The lowest BCUT2D eigenvalue weighted by molar-refractivity contribution is 0.316. The maximum atomic E-state index is 12.1. The van der Waals surface area contributed by atoms with Crippen molar-refractivity contribution in [2.24, 2.45) is 10.9 Å². The second-order valence-electron chi connectivity index (χ2n) is 7.59. The molecule has 0 bridgehead atoms. The summed E-state index contributed by atoms with van der Waals surface area (Å²) in [6, 6.07) is 7.61. The van der Waals surface area contributed by atoms with Gasteiger partial charge in [-0.05, 0) is 44.7 Å². The first-order valence-corrected chi connectivity index (χ1v) is 12.2. The van der Waals surface area contributed by atoms with E-state index in [4.69, 9.17) is 9.15 Å². The van der Waals surface area contributed by atoms with Crippen molar-refractivity contribution in [3.05, 3.63) is 30.0 Å². The predicted molar refractivity (Wildman–Crippen MR) is 135 cm³/mol. The lowest BCUT2D eigenvalue weighted by Gasteiger charge is -2.25. The number of hydrogen-bond donors (Lipinski definition) is 3. The second kappa shape index (κ2) is 11.9. The van der Waals surface area contributed by atoms with Crippen LogP contribution < -0.4 is 20.1 Å². The minimum absolute atomic E-state index is 0. The Bertz CT molecular complexity index is 973. The summed E-state index contributed by atoms with van der Waals surface area (Å²) in [5, 5.41) is 7.27. The molecule has 0 radical (unpaired) electrons. The number of ether oxygens (including phenoxy) is 1. The highest BCUT2D eigenvalue weighted by Gasteiger charge is 2.20. The molecule has 0 amide bonds. The monoisotopic (exact) mass is 564 g/mol. The number of sulfonamides is 1. The van der Waals surface area contributed by atoms with Crippen molar-refractivity contribution in [3.63, 3.8) is 0 Å². The van der Waals surface area contributed by atoms with Gasteiger partial charge < -0.3 is 19.8 Å². The summed E-state index contributed by atoms with van der Waals surface area (Å²) in [5.41, 5.74) is 0.717. The molecule has 0 spiro atoms. The van der Waals surface area contributed by atoms with Gasteiger partial charge in [-0.15, -0.1) is 24.0 Å². The summed E-state index contributed by atoms with van der Waals surface area (Å²) in [6.45, 7) is 5.27. The summed E-state index contributed by atoms with van der Waals surface area (Å²) in [4.78, 5) is 4.18. The van der Waals surface area contributed by atoms with Crippen LogP contribution in [0.25, 0.3) is 11.0 Å². The number of furan rings is 1. The van der Waals surface area contributed by atoms with E-state index in [0.717, 1.165) is 35.3 Å². The van der Waals surface area contributed by atoms with Crippen LogP contribution in [0.5, 0.6) is 5.75 Å². The molecular weight excluding hydrogens is 531 g/mol. The van der Waals surface area contributed by atoms with E-state index >= 15 is 0 Å². The van der Waals surface area contributed by atoms with Crippen LogP contribution in [0.4, 0.5) is 0 Å². The molecule has 1 fully saturated rings. The summed E-state index contributed by atoms with van der Waals surface area (Å²) >= 11 is 0. The maximum Gasteiger partial charge on any atom is 0.213 e. The SMILES string of the molecule is CCOc1cccc2cc(C(C)NC(=NC)NCCS(=O)(=O)NCC3CCC3)oc12.I. The summed E-state index contributed by atoms with van der Waals surface area (Å²) in [7, 11) is -1.64. The second-order valence-corrected chi connectivity index (χ2v) is 9.51. The minimum Gasteiger partial charge on any atom is -0.490 e. The number of para-hydroxylation sites is 1. The fourth-order valence-corrected chi connectivity index (χ4v) is 4.33. The molecule has 1 aliphatic carbocycles. The molecule has 8 nitrogen and oxygen atoms in total. The number of halogens is 1. The smallest absolute Gasteiger partial charge is 0.213 e. The number of benzene rings is 1. The third-order valence-corrected chi connectivity index (χ3v) is 6.66. The highest BCUT2D eigenvalue weighted by atomic mass is 127. The fourth-order valence-electron chi connectivity index (χ4n) is 3.33. The number of guanidine groups is 1. The molecule has 1 heterocycles. The summed E-state index contributed by atoms with van der Waals surface area (Å²) in [5.74, 6) is 2.47. The Balaban J connectivity index is 0.00000341. The third-order valence-electron chi connectivity index (χ3n) is 5.31.